The monoisotopic (exact) mass is 229 g/mol. The molecule has 2 nitrogen and oxygen atoms in total. The van der Waals surface area contributed by atoms with Crippen LogP contribution in [-0.4, -0.2) is 12.8 Å². The third kappa shape index (κ3) is 2.93. The lowest BCUT2D eigenvalue weighted by molar-refractivity contribution is -0.137. The number of aldehydes is 1. The first-order valence-electron chi connectivity index (χ1n) is 4.52. The van der Waals surface area contributed by atoms with E-state index >= 15 is 0 Å². The van der Waals surface area contributed by atoms with Gasteiger partial charge in [-0.1, -0.05) is 24.3 Å². The highest BCUT2D eigenvalue weighted by Gasteiger charge is 2.32. The van der Waals surface area contributed by atoms with E-state index in [0.29, 0.717) is 6.29 Å². The maximum Gasteiger partial charge on any atom is 0.417 e. The van der Waals surface area contributed by atoms with Gasteiger partial charge >= 0.3 is 6.18 Å². The Morgan fingerprint density at radius 3 is 2.50 bits per heavy atom. The van der Waals surface area contributed by atoms with Crippen LogP contribution < -0.4 is 5.73 Å². The summed E-state index contributed by atoms with van der Waals surface area (Å²) < 4.78 is 37.8. The Morgan fingerprint density at radius 1 is 1.31 bits per heavy atom. The number of nitrogens with two attached hydrogens (primary N) is 1. The van der Waals surface area contributed by atoms with Gasteiger partial charge in [0.25, 0.3) is 0 Å². The number of carbonyl (C=O) groups is 1. The van der Waals surface area contributed by atoms with Gasteiger partial charge < -0.3 is 5.73 Å². The van der Waals surface area contributed by atoms with Gasteiger partial charge in [0.1, 0.15) is 6.29 Å². The third-order valence-electron chi connectivity index (χ3n) is 1.95. The van der Waals surface area contributed by atoms with E-state index < -0.39 is 11.7 Å². The lowest BCUT2D eigenvalue weighted by Gasteiger charge is -2.10. The molecule has 2 N–H and O–H groups in total. The topological polar surface area (TPSA) is 43.1 Å². The highest BCUT2D eigenvalue weighted by Crippen LogP contribution is 2.33. The lowest BCUT2D eigenvalue weighted by Crippen LogP contribution is -2.08. The van der Waals surface area contributed by atoms with E-state index in [9.17, 15) is 18.0 Å². The minimum atomic E-state index is -4.48. The summed E-state index contributed by atoms with van der Waals surface area (Å²) in [5.41, 5.74) is 4.34. The van der Waals surface area contributed by atoms with E-state index in [1.807, 2.05) is 0 Å². The van der Waals surface area contributed by atoms with Gasteiger partial charge in [0, 0.05) is 12.1 Å². The van der Waals surface area contributed by atoms with Crippen molar-refractivity contribution >= 4 is 12.4 Å². The second kappa shape index (κ2) is 4.94. The molecule has 0 unspecified atom stereocenters. The minimum Gasteiger partial charge on any atom is -0.327 e. The van der Waals surface area contributed by atoms with Crippen molar-refractivity contribution < 1.29 is 18.0 Å². The molecule has 5 heteroatoms. The van der Waals surface area contributed by atoms with E-state index in [4.69, 9.17) is 5.73 Å². The van der Waals surface area contributed by atoms with Crippen LogP contribution in [0.3, 0.4) is 0 Å². The number of carbonyl (C=O) groups excluding carboxylic acids is 1. The first kappa shape index (κ1) is 12.4. The summed E-state index contributed by atoms with van der Waals surface area (Å²) >= 11 is 0. The molecule has 16 heavy (non-hydrogen) atoms. The van der Waals surface area contributed by atoms with Crippen LogP contribution in [0.4, 0.5) is 13.2 Å². The van der Waals surface area contributed by atoms with Crippen molar-refractivity contribution in [1.29, 1.82) is 0 Å². The predicted octanol–water partition coefficient (Wildman–Crippen LogP) is 2.49. The molecule has 0 bridgehead atoms. The van der Waals surface area contributed by atoms with E-state index in [0.717, 1.165) is 6.07 Å². The van der Waals surface area contributed by atoms with Crippen molar-refractivity contribution in [1.82, 2.24) is 0 Å². The molecule has 0 atom stereocenters. The van der Waals surface area contributed by atoms with Crippen LogP contribution in [0.2, 0.25) is 0 Å². The fraction of sp³-hybridized carbons (Fsp3) is 0.182. The van der Waals surface area contributed by atoms with Crippen LogP contribution in [-0.2, 0) is 6.18 Å². The Bertz CT molecular complexity index is 410. The molecule has 0 fully saturated rings. The average molecular weight is 229 g/mol. The third-order valence-corrected chi connectivity index (χ3v) is 1.95. The molecule has 0 amide bonds. The number of rotatable bonds is 3. The molecule has 0 saturated heterocycles. The van der Waals surface area contributed by atoms with Crippen LogP contribution in [0.5, 0.6) is 0 Å². The van der Waals surface area contributed by atoms with Crippen molar-refractivity contribution in [2.45, 2.75) is 6.18 Å². The minimum absolute atomic E-state index is 0.00257. The second-order valence-corrected chi connectivity index (χ2v) is 3.10. The van der Waals surface area contributed by atoms with Crippen LogP contribution in [0, 0.1) is 0 Å². The Kier molecular flexibility index (Phi) is 3.84. The highest BCUT2D eigenvalue weighted by molar-refractivity contribution is 5.76. The molecule has 86 valence electrons. The first-order valence-corrected chi connectivity index (χ1v) is 4.52. The summed E-state index contributed by atoms with van der Waals surface area (Å²) in [5, 5.41) is 0. The molecule has 0 aliphatic rings. The Hall–Kier alpha value is -1.62. The molecule has 1 rings (SSSR count). The smallest absolute Gasteiger partial charge is 0.327 e. The summed E-state index contributed by atoms with van der Waals surface area (Å²) in [4.78, 5) is 10.4. The number of alkyl halides is 3. The largest absolute Gasteiger partial charge is 0.417 e. The van der Waals surface area contributed by atoms with Crippen LogP contribution in [0.25, 0.3) is 6.08 Å². The fourth-order valence-electron chi connectivity index (χ4n) is 1.23. The predicted molar refractivity (Wildman–Crippen MR) is 54.9 cm³/mol. The van der Waals surface area contributed by atoms with Gasteiger partial charge in [-0.05, 0) is 11.6 Å². The number of benzene rings is 1. The summed E-state index contributed by atoms with van der Waals surface area (Å²) in [6.07, 6.45) is -1.39. The van der Waals surface area contributed by atoms with E-state index in [1.165, 1.54) is 24.3 Å². The maximum absolute atomic E-state index is 12.6. The molecule has 0 heterocycles. The zero-order valence-electron chi connectivity index (χ0n) is 8.29. The van der Waals surface area contributed by atoms with Crippen molar-refractivity contribution in [2.75, 3.05) is 6.54 Å². The van der Waals surface area contributed by atoms with Gasteiger partial charge in [-0.2, -0.15) is 13.2 Å². The average Bonchev–Trinajstić information content (AvgIpc) is 2.25. The molecule has 0 aliphatic carbocycles. The summed E-state index contributed by atoms with van der Waals surface area (Å²) in [6, 6.07) is 3.40. The Balaban J connectivity index is 3.27. The molecular weight excluding hydrogens is 219 g/mol. The molecule has 0 radical (unpaired) electrons. The summed E-state index contributed by atoms with van der Waals surface area (Å²) in [7, 11) is 0. The van der Waals surface area contributed by atoms with Crippen molar-refractivity contribution in [2.24, 2.45) is 5.73 Å². The molecule has 0 spiro atoms. The van der Waals surface area contributed by atoms with Crippen molar-refractivity contribution in [3.63, 3.8) is 0 Å². The molecule has 0 aromatic heterocycles. The highest BCUT2D eigenvalue weighted by atomic mass is 19.4. The van der Waals surface area contributed by atoms with Gasteiger partial charge in [0.15, 0.2) is 0 Å². The van der Waals surface area contributed by atoms with Gasteiger partial charge in [-0.3, -0.25) is 4.79 Å². The van der Waals surface area contributed by atoms with Crippen molar-refractivity contribution in [3.05, 3.63) is 41.0 Å². The van der Waals surface area contributed by atoms with Gasteiger partial charge in [0.05, 0.1) is 5.56 Å². The van der Waals surface area contributed by atoms with Gasteiger partial charge in [0.2, 0.25) is 0 Å². The van der Waals surface area contributed by atoms with Gasteiger partial charge in [-0.15, -0.1) is 0 Å². The summed E-state index contributed by atoms with van der Waals surface area (Å²) in [6.45, 7) is 0.159. The Labute approximate surface area is 90.6 Å². The quantitative estimate of drug-likeness (QED) is 0.809. The van der Waals surface area contributed by atoms with E-state index in [1.54, 1.807) is 0 Å². The molecule has 1 aromatic carbocycles. The number of halogens is 3. The second-order valence-electron chi connectivity index (χ2n) is 3.10. The van der Waals surface area contributed by atoms with Gasteiger partial charge in [-0.25, -0.2) is 0 Å². The number of hydrogen-bond donors (Lipinski definition) is 1. The first-order chi connectivity index (χ1) is 7.49. The zero-order valence-corrected chi connectivity index (χ0v) is 8.29. The van der Waals surface area contributed by atoms with Crippen LogP contribution in [0.1, 0.15) is 21.5 Å². The molecule has 0 saturated carbocycles. The van der Waals surface area contributed by atoms with Crippen molar-refractivity contribution in [3.8, 4) is 0 Å². The lowest BCUT2D eigenvalue weighted by atomic mass is 10.0. The maximum atomic E-state index is 12.6. The normalized spacial score (nSPS) is 12.0. The zero-order chi connectivity index (χ0) is 12.2. The molecule has 1 aromatic rings. The van der Waals surface area contributed by atoms with E-state index in [-0.39, 0.29) is 17.7 Å². The Morgan fingerprint density at radius 2 is 2.00 bits per heavy atom. The standard InChI is InChI=1S/C11H10F3NO/c12-11(13,14)10-6-8(7-16)3-4-9(10)2-1-5-15/h1-4,6-7H,5,15H2. The number of hydrogen-bond acceptors (Lipinski definition) is 2. The SMILES string of the molecule is NCC=Cc1ccc(C=O)cc1C(F)(F)F. The summed E-state index contributed by atoms with van der Waals surface area (Å²) in [5.74, 6) is 0. The molecule has 0 aliphatic heterocycles. The van der Waals surface area contributed by atoms with Crippen LogP contribution in [0.15, 0.2) is 24.3 Å². The molecular formula is C11H10F3NO. The van der Waals surface area contributed by atoms with E-state index in [2.05, 4.69) is 0 Å². The fourth-order valence-corrected chi connectivity index (χ4v) is 1.23. The van der Waals surface area contributed by atoms with Crippen LogP contribution >= 0.6 is 0 Å².